The molecule has 0 radical (unpaired) electrons. The maximum atomic E-state index is 6.23. The second kappa shape index (κ2) is 5.29. The van der Waals surface area contributed by atoms with Crippen molar-refractivity contribution in [3.63, 3.8) is 0 Å². The van der Waals surface area contributed by atoms with Crippen LogP contribution in [0.4, 0.5) is 0 Å². The Bertz CT molecular complexity index is 482. The molecule has 3 nitrogen and oxygen atoms in total. The summed E-state index contributed by atoms with van der Waals surface area (Å²) in [6, 6.07) is 6.04. The third-order valence-electron chi connectivity index (χ3n) is 2.69. The molecule has 0 aliphatic heterocycles. The zero-order valence-electron chi connectivity index (χ0n) is 10.0. The minimum absolute atomic E-state index is 0.0506. The van der Waals surface area contributed by atoms with E-state index in [1.54, 1.807) is 18.4 Å². The molecule has 0 bridgehead atoms. The van der Waals surface area contributed by atoms with Gasteiger partial charge in [-0.15, -0.1) is 11.3 Å². The lowest BCUT2D eigenvalue weighted by Gasteiger charge is -2.15. The second-order valence-electron chi connectivity index (χ2n) is 4.02. The monoisotopic (exact) mass is 248 g/mol. The fourth-order valence-electron chi connectivity index (χ4n) is 1.81. The van der Waals surface area contributed by atoms with Crippen LogP contribution in [0.2, 0.25) is 0 Å². The molecular formula is C13H16N2OS. The van der Waals surface area contributed by atoms with Crippen LogP contribution in [0, 0.1) is 6.92 Å². The Balaban J connectivity index is 2.23. The number of benzene rings is 1. The third-order valence-corrected chi connectivity index (χ3v) is 3.49. The van der Waals surface area contributed by atoms with Gasteiger partial charge < -0.3 is 10.5 Å². The van der Waals surface area contributed by atoms with E-state index in [4.69, 9.17) is 10.5 Å². The van der Waals surface area contributed by atoms with E-state index < -0.39 is 0 Å². The van der Waals surface area contributed by atoms with Gasteiger partial charge in [0.05, 0.1) is 12.6 Å². The highest BCUT2D eigenvalue weighted by molar-refractivity contribution is 7.09. The van der Waals surface area contributed by atoms with E-state index in [0.29, 0.717) is 0 Å². The molecule has 90 valence electrons. The topological polar surface area (TPSA) is 48.1 Å². The lowest BCUT2D eigenvalue weighted by atomic mass is 10.0. The minimum atomic E-state index is -0.0506. The Hall–Kier alpha value is -1.39. The number of methoxy groups -OCH3 is 1. The van der Waals surface area contributed by atoms with Crippen molar-refractivity contribution in [2.24, 2.45) is 5.73 Å². The Morgan fingerprint density at radius 1 is 1.47 bits per heavy atom. The molecule has 0 spiro atoms. The van der Waals surface area contributed by atoms with Crippen molar-refractivity contribution in [3.8, 4) is 5.75 Å². The average Bonchev–Trinajstić information content (AvgIpc) is 2.81. The van der Waals surface area contributed by atoms with Crippen molar-refractivity contribution >= 4 is 11.3 Å². The quantitative estimate of drug-likeness (QED) is 0.905. The number of thiazole rings is 1. The summed E-state index contributed by atoms with van der Waals surface area (Å²) in [5.74, 6) is 0.854. The van der Waals surface area contributed by atoms with Gasteiger partial charge >= 0.3 is 0 Å². The van der Waals surface area contributed by atoms with Crippen LogP contribution in [0.15, 0.2) is 29.9 Å². The number of aryl methyl sites for hydroxylation is 1. The molecule has 4 heteroatoms. The molecule has 1 aromatic heterocycles. The van der Waals surface area contributed by atoms with Crippen LogP contribution < -0.4 is 10.5 Å². The molecule has 0 saturated heterocycles. The van der Waals surface area contributed by atoms with Crippen LogP contribution in [0.25, 0.3) is 0 Å². The van der Waals surface area contributed by atoms with E-state index in [-0.39, 0.29) is 6.04 Å². The number of nitrogens with zero attached hydrogens (tertiary/aromatic N) is 1. The van der Waals surface area contributed by atoms with Gasteiger partial charge in [-0.05, 0) is 13.0 Å². The first kappa shape index (κ1) is 12.1. The standard InChI is InChI=1S/C13H16N2OS/c1-9-3-4-13(16-2)11(5-9)12(14)6-10-7-15-8-17-10/h3-5,7-8,12H,6,14H2,1-2H3. The van der Waals surface area contributed by atoms with Gasteiger partial charge in [0, 0.05) is 29.1 Å². The van der Waals surface area contributed by atoms with E-state index in [0.717, 1.165) is 17.7 Å². The Labute approximate surface area is 105 Å². The number of hydrogen-bond acceptors (Lipinski definition) is 4. The largest absolute Gasteiger partial charge is 0.496 e. The molecule has 2 rings (SSSR count). The maximum Gasteiger partial charge on any atom is 0.123 e. The lowest BCUT2D eigenvalue weighted by molar-refractivity contribution is 0.405. The van der Waals surface area contributed by atoms with Crippen molar-refractivity contribution < 1.29 is 4.74 Å². The normalized spacial score (nSPS) is 12.4. The fourth-order valence-corrected chi connectivity index (χ4v) is 2.47. The molecule has 0 fully saturated rings. The van der Waals surface area contributed by atoms with Gasteiger partial charge in [0.15, 0.2) is 0 Å². The summed E-state index contributed by atoms with van der Waals surface area (Å²) in [5.41, 5.74) is 10.3. The summed E-state index contributed by atoms with van der Waals surface area (Å²) in [6.45, 7) is 2.06. The third kappa shape index (κ3) is 2.84. The number of nitrogens with two attached hydrogens (primary N) is 1. The van der Waals surface area contributed by atoms with Gasteiger partial charge in [-0.3, -0.25) is 4.98 Å². The first-order chi connectivity index (χ1) is 8.20. The van der Waals surface area contributed by atoms with Crippen molar-refractivity contribution in [1.82, 2.24) is 4.98 Å². The van der Waals surface area contributed by atoms with Crippen LogP contribution in [-0.2, 0) is 6.42 Å². The van der Waals surface area contributed by atoms with Crippen molar-refractivity contribution in [3.05, 3.63) is 45.9 Å². The van der Waals surface area contributed by atoms with Gasteiger partial charge in [0.2, 0.25) is 0 Å². The van der Waals surface area contributed by atoms with E-state index in [2.05, 4.69) is 18.0 Å². The Morgan fingerprint density at radius 2 is 2.29 bits per heavy atom. The molecule has 1 heterocycles. The van der Waals surface area contributed by atoms with Gasteiger partial charge in [-0.2, -0.15) is 0 Å². The molecule has 0 saturated carbocycles. The summed E-state index contributed by atoms with van der Waals surface area (Å²) in [5, 5.41) is 0. The summed E-state index contributed by atoms with van der Waals surface area (Å²) in [4.78, 5) is 5.26. The number of ether oxygens (including phenoxy) is 1. The molecular weight excluding hydrogens is 232 g/mol. The first-order valence-electron chi connectivity index (χ1n) is 5.48. The van der Waals surface area contributed by atoms with Crippen molar-refractivity contribution in [1.29, 1.82) is 0 Å². The average molecular weight is 248 g/mol. The number of rotatable bonds is 4. The molecule has 0 amide bonds. The maximum absolute atomic E-state index is 6.23. The lowest BCUT2D eigenvalue weighted by Crippen LogP contribution is -2.14. The smallest absolute Gasteiger partial charge is 0.123 e. The molecule has 0 aliphatic rings. The minimum Gasteiger partial charge on any atom is -0.496 e. The van der Waals surface area contributed by atoms with E-state index >= 15 is 0 Å². The fraction of sp³-hybridized carbons (Fsp3) is 0.308. The second-order valence-corrected chi connectivity index (χ2v) is 4.99. The highest BCUT2D eigenvalue weighted by atomic mass is 32.1. The molecule has 0 aliphatic carbocycles. The molecule has 1 atom stereocenters. The van der Waals surface area contributed by atoms with Crippen LogP contribution in [0.1, 0.15) is 22.0 Å². The first-order valence-corrected chi connectivity index (χ1v) is 6.36. The van der Waals surface area contributed by atoms with Gasteiger partial charge in [0.1, 0.15) is 5.75 Å². The molecule has 2 N–H and O–H groups in total. The van der Waals surface area contributed by atoms with Crippen LogP contribution in [-0.4, -0.2) is 12.1 Å². The van der Waals surface area contributed by atoms with E-state index in [9.17, 15) is 0 Å². The van der Waals surface area contributed by atoms with Crippen LogP contribution in [0.3, 0.4) is 0 Å². The number of aromatic nitrogens is 1. The van der Waals surface area contributed by atoms with Gasteiger partial charge in [-0.25, -0.2) is 0 Å². The van der Waals surface area contributed by atoms with Crippen LogP contribution in [0.5, 0.6) is 5.75 Å². The molecule has 1 unspecified atom stereocenters. The molecule has 17 heavy (non-hydrogen) atoms. The summed E-state index contributed by atoms with van der Waals surface area (Å²) < 4.78 is 5.35. The van der Waals surface area contributed by atoms with E-state index in [1.165, 1.54) is 10.4 Å². The van der Waals surface area contributed by atoms with E-state index in [1.807, 2.05) is 23.8 Å². The van der Waals surface area contributed by atoms with Gasteiger partial charge in [0.25, 0.3) is 0 Å². The van der Waals surface area contributed by atoms with Crippen molar-refractivity contribution in [2.45, 2.75) is 19.4 Å². The molecule has 1 aromatic carbocycles. The van der Waals surface area contributed by atoms with Crippen molar-refractivity contribution in [2.75, 3.05) is 7.11 Å². The summed E-state index contributed by atoms with van der Waals surface area (Å²) in [7, 11) is 1.67. The Kier molecular flexibility index (Phi) is 3.76. The summed E-state index contributed by atoms with van der Waals surface area (Å²) in [6.07, 6.45) is 2.66. The zero-order chi connectivity index (χ0) is 12.3. The predicted octanol–water partition coefficient (Wildman–Crippen LogP) is 2.70. The van der Waals surface area contributed by atoms with Crippen LogP contribution >= 0.6 is 11.3 Å². The SMILES string of the molecule is COc1ccc(C)cc1C(N)Cc1cncs1. The zero-order valence-corrected chi connectivity index (χ0v) is 10.8. The highest BCUT2D eigenvalue weighted by Crippen LogP contribution is 2.27. The number of hydrogen-bond donors (Lipinski definition) is 1. The molecule has 2 aromatic rings. The van der Waals surface area contributed by atoms with Gasteiger partial charge in [-0.1, -0.05) is 17.7 Å². The predicted molar refractivity (Wildman–Crippen MR) is 70.5 cm³/mol. The summed E-state index contributed by atoms with van der Waals surface area (Å²) >= 11 is 1.63. The highest BCUT2D eigenvalue weighted by Gasteiger charge is 2.13. The Morgan fingerprint density at radius 3 is 2.94 bits per heavy atom.